The molecule has 0 fully saturated rings. The maximum Gasteiger partial charge on any atom is 0.405 e. The lowest BCUT2D eigenvalue weighted by Crippen LogP contribution is -2.39. The summed E-state index contributed by atoms with van der Waals surface area (Å²) < 4.78 is 36.6. The fourth-order valence-corrected chi connectivity index (χ4v) is 1.43. The highest BCUT2D eigenvalue weighted by molar-refractivity contribution is 5.87. The van der Waals surface area contributed by atoms with Crippen molar-refractivity contribution in [2.45, 2.75) is 19.6 Å². The molecule has 110 valence electrons. The van der Waals surface area contributed by atoms with Crippen molar-refractivity contribution in [1.29, 1.82) is 0 Å². The molecule has 20 heavy (non-hydrogen) atoms. The number of nitrogens with zero attached hydrogens (tertiary/aromatic N) is 1. The molecule has 0 radical (unpaired) electrons. The number of amides is 1. The molecule has 0 unspecified atom stereocenters. The van der Waals surface area contributed by atoms with E-state index in [0.717, 1.165) is 10.6 Å². The molecule has 1 aromatic rings. The van der Waals surface area contributed by atoms with E-state index in [9.17, 15) is 27.6 Å². The maximum atomic E-state index is 11.9. The van der Waals surface area contributed by atoms with Crippen molar-refractivity contribution in [3.63, 3.8) is 0 Å². The highest BCUT2D eigenvalue weighted by Crippen LogP contribution is 2.12. The van der Waals surface area contributed by atoms with Crippen molar-refractivity contribution in [2.75, 3.05) is 6.54 Å². The number of aryl methyl sites for hydroxylation is 1. The number of aromatic carboxylic acids is 1. The zero-order valence-corrected chi connectivity index (χ0v) is 10.3. The minimum atomic E-state index is -4.56. The minimum absolute atomic E-state index is 0.266. The van der Waals surface area contributed by atoms with E-state index >= 15 is 0 Å². The van der Waals surface area contributed by atoms with Crippen molar-refractivity contribution in [2.24, 2.45) is 0 Å². The summed E-state index contributed by atoms with van der Waals surface area (Å²) in [6.45, 7) is -0.760. The third-order valence-electron chi connectivity index (χ3n) is 2.41. The van der Waals surface area contributed by atoms with E-state index in [2.05, 4.69) is 0 Å². The predicted molar refractivity (Wildman–Crippen MR) is 61.5 cm³/mol. The highest BCUT2D eigenvalue weighted by atomic mass is 19.4. The normalized spacial score (nSPS) is 11.2. The first-order valence-corrected chi connectivity index (χ1v) is 5.39. The first-order chi connectivity index (χ1) is 9.11. The number of nitrogens with one attached hydrogen (secondary N) is 1. The molecule has 0 aliphatic heterocycles. The first kappa shape index (κ1) is 15.7. The largest absolute Gasteiger partial charge is 0.477 e. The van der Waals surface area contributed by atoms with Crippen LogP contribution in [0.1, 0.15) is 16.1 Å². The third kappa shape index (κ3) is 4.11. The second-order valence-electron chi connectivity index (χ2n) is 3.98. The molecule has 0 aliphatic carbocycles. The standard InChI is InChI=1S/C11H11F3N2O4/c1-6-2-3-7(10(19)20)9(18)16(6)4-8(17)15-5-11(12,13)14/h2-3H,4-5H2,1H3,(H,15,17)(H,19,20). The van der Waals surface area contributed by atoms with Crippen LogP contribution in [0.4, 0.5) is 13.2 Å². The summed E-state index contributed by atoms with van der Waals surface area (Å²) in [6.07, 6.45) is -4.56. The first-order valence-electron chi connectivity index (χ1n) is 5.39. The Balaban J connectivity index is 2.93. The number of halogens is 3. The van der Waals surface area contributed by atoms with E-state index < -0.39 is 42.3 Å². The fraction of sp³-hybridized carbons (Fsp3) is 0.364. The van der Waals surface area contributed by atoms with Crippen LogP contribution in [-0.2, 0) is 11.3 Å². The van der Waals surface area contributed by atoms with Crippen molar-refractivity contribution in [1.82, 2.24) is 9.88 Å². The molecular weight excluding hydrogens is 281 g/mol. The molecule has 0 atom stereocenters. The van der Waals surface area contributed by atoms with Crippen LogP contribution in [0.15, 0.2) is 16.9 Å². The Morgan fingerprint density at radius 1 is 1.35 bits per heavy atom. The van der Waals surface area contributed by atoms with E-state index in [4.69, 9.17) is 5.11 Å². The van der Waals surface area contributed by atoms with Crippen LogP contribution in [0.3, 0.4) is 0 Å². The van der Waals surface area contributed by atoms with Gasteiger partial charge in [0, 0.05) is 5.69 Å². The van der Waals surface area contributed by atoms with Crippen molar-refractivity contribution in [3.8, 4) is 0 Å². The summed E-state index contributed by atoms with van der Waals surface area (Å²) in [4.78, 5) is 33.8. The van der Waals surface area contributed by atoms with Crippen molar-refractivity contribution < 1.29 is 27.9 Å². The topological polar surface area (TPSA) is 88.4 Å². The number of carbonyl (C=O) groups excluding carboxylic acids is 1. The van der Waals surface area contributed by atoms with Gasteiger partial charge in [-0.05, 0) is 19.1 Å². The van der Waals surface area contributed by atoms with Gasteiger partial charge >= 0.3 is 12.1 Å². The van der Waals surface area contributed by atoms with Crippen LogP contribution >= 0.6 is 0 Å². The van der Waals surface area contributed by atoms with Crippen LogP contribution < -0.4 is 10.9 Å². The van der Waals surface area contributed by atoms with Gasteiger partial charge in [0.15, 0.2) is 0 Å². The molecule has 9 heteroatoms. The fourth-order valence-electron chi connectivity index (χ4n) is 1.43. The molecular formula is C11H11F3N2O4. The lowest BCUT2D eigenvalue weighted by Gasteiger charge is -2.12. The molecule has 0 bridgehead atoms. The number of alkyl halides is 3. The van der Waals surface area contributed by atoms with Crippen molar-refractivity contribution >= 4 is 11.9 Å². The predicted octanol–water partition coefficient (Wildman–Crippen LogP) is 0.533. The summed E-state index contributed by atoms with van der Waals surface area (Å²) in [5.74, 6) is -2.51. The summed E-state index contributed by atoms with van der Waals surface area (Å²) >= 11 is 0. The lowest BCUT2D eigenvalue weighted by atomic mass is 10.2. The number of carbonyl (C=O) groups is 2. The molecule has 6 nitrogen and oxygen atoms in total. The Morgan fingerprint density at radius 3 is 2.45 bits per heavy atom. The lowest BCUT2D eigenvalue weighted by molar-refractivity contribution is -0.138. The molecule has 1 heterocycles. The Labute approximate surface area is 110 Å². The minimum Gasteiger partial charge on any atom is -0.477 e. The van der Waals surface area contributed by atoms with E-state index in [1.165, 1.54) is 13.0 Å². The number of rotatable bonds is 4. The molecule has 0 spiro atoms. The Bertz CT molecular complexity index is 592. The number of hydrogen-bond acceptors (Lipinski definition) is 3. The van der Waals surface area contributed by atoms with Gasteiger partial charge in [-0.3, -0.25) is 9.59 Å². The number of aromatic nitrogens is 1. The summed E-state index contributed by atoms with van der Waals surface area (Å²) in [6, 6.07) is 2.37. The number of hydrogen-bond donors (Lipinski definition) is 2. The van der Waals surface area contributed by atoms with Crippen LogP contribution in [0.5, 0.6) is 0 Å². The van der Waals surface area contributed by atoms with Crippen LogP contribution in [0.2, 0.25) is 0 Å². The summed E-state index contributed by atoms with van der Waals surface area (Å²) in [5, 5.41) is 10.4. The van der Waals surface area contributed by atoms with Gasteiger partial charge in [0.2, 0.25) is 5.91 Å². The summed E-state index contributed by atoms with van der Waals surface area (Å²) in [7, 11) is 0. The average Bonchev–Trinajstić information content (AvgIpc) is 2.30. The van der Waals surface area contributed by atoms with Crippen LogP contribution in [0.25, 0.3) is 0 Å². The Morgan fingerprint density at radius 2 is 1.95 bits per heavy atom. The Hall–Kier alpha value is -2.32. The van der Waals surface area contributed by atoms with Gasteiger partial charge in [-0.2, -0.15) is 13.2 Å². The average molecular weight is 292 g/mol. The smallest absolute Gasteiger partial charge is 0.405 e. The van der Waals surface area contributed by atoms with Gasteiger partial charge in [-0.25, -0.2) is 4.79 Å². The number of pyridine rings is 1. The zero-order valence-electron chi connectivity index (χ0n) is 10.3. The SMILES string of the molecule is Cc1ccc(C(=O)O)c(=O)n1CC(=O)NCC(F)(F)F. The second kappa shape index (κ2) is 5.76. The molecule has 0 saturated carbocycles. The molecule has 1 aromatic heterocycles. The van der Waals surface area contributed by atoms with Gasteiger partial charge in [-0.15, -0.1) is 0 Å². The third-order valence-corrected chi connectivity index (χ3v) is 2.41. The second-order valence-corrected chi connectivity index (χ2v) is 3.98. The van der Waals surface area contributed by atoms with Crippen LogP contribution in [-0.4, -0.2) is 34.3 Å². The molecule has 0 aliphatic rings. The van der Waals surface area contributed by atoms with E-state index in [1.807, 2.05) is 0 Å². The quantitative estimate of drug-likeness (QED) is 0.847. The number of carboxylic acid groups (broad SMARTS) is 1. The van der Waals surface area contributed by atoms with Crippen molar-refractivity contribution in [3.05, 3.63) is 33.7 Å². The monoisotopic (exact) mass is 292 g/mol. The van der Waals surface area contributed by atoms with Crippen LogP contribution in [0, 0.1) is 6.92 Å². The van der Waals surface area contributed by atoms with Gasteiger partial charge in [0.05, 0.1) is 0 Å². The molecule has 2 N–H and O–H groups in total. The zero-order chi connectivity index (χ0) is 15.5. The van der Waals surface area contributed by atoms with E-state index in [0.29, 0.717) is 0 Å². The van der Waals surface area contributed by atoms with Gasteiger partial charge in [-0.1, -0.05) is 0 Å². The maximum absolute atomic E-state index is 11.9. The molecule has 0 aromatic carbocycles. The van der Waals surface area contributed by atoms with E-state index in [1.54, 1.807) is 5.32 Å². The molecule has 1 amide bonds. The van der Waals surface area contributed by atoms with Gasteiger partial charge < -0.3 is 15.0 Å². The van der Waals surface area contributed by atoms with Gasteiger partial charge in [0.25, 0.3) is 5.56 Å². The van der Waals surface area contributed by atoms with Gasteiger partial charge in [0.1, 0.15) is 18.7 Å². The Kier molecular flexibility index (Phi) is 4.53. The molecule has 0 saturated heterocycles. The number of carboxylic acids is 1. The summed E-state index contributed by atoms with van der Waals surface area (Å²) in [5.41, 5.74) is -1.24. The van der Waals surface area contributed by atoms with E-state index in [-0.39, 0.29) is 5.69 Å². The molecule has 1 rings (SSSR count). The highest BCUT2D eigenvalue weighted by Gasteiger charge is 2.27.